The molecule has 0 amide bonds. The summed E-state index contributed by atoms with van der Waals surface area (Å²) in [7, 11) is 0. The van der Waals surface area contributed by atoms with Gasteiger partial charge in [0.2, 0.25) is 11.1 Å². The lowest BCUT2D eigenvalue weighted by Gasteiger charge is -1.99. The number of thioether (sulfide) groups is 1. The maximum Gasteiger partial charge on any atom is 0.291 e. The van der Waals surface area contributed by atoms with Gasteiger partial charge in [0, 0.05) is 0 Å². The summed E-state index contributed by atoms with van der Waals surface area (Å²) in [6, 6.07) is 0.504. The highest BCUT2D eigenvalue weighted by atomic mass is 32.2. The molecule has 0 radical (unpaired) electrons. The summed E-state index contributed by atoms with van der Waals surface area (Å²) in [4.78, 5) is 8.17. The zero-order valence-electron chi connectivity index (χ0n) is 7.07. The van der Waals surface area contributed by atoms with E-state index in [2.05, 4.69) is 25.5 Å². The molecule has 13 heavy (non-hydrogen) atoms. The van der Waals surface area contributed by atoms with Crippen molar-refractivity contribution in [3.63, 3.8) is 0 Å². The Kier molecular flexibility index (Phi) is 2.35. The van der Waals surface area contributed by atoms with Gasteiger partial charge in [-0.1, -0.05) is 11.8 Å². The van der Waals surface area contributed by atoms with Crippen molar-refractivity contribution < 1.29 is 4.74 Å². The Morgan fingerprint density at radius 1 is 1.62 bits per heavy atom. The number of amidine groups is 1. The molecular weight excluding hydrogens is 190 g/mol. The van der Waals surface area contributed by atoms with Crippen molar-refractivity contribution in [2.45, 2.75) is 5.16 Å². The van der Waals surface area contributed by atoms with E-state index in [0.29, 0.717) is 30.3 Å². The molecule has 2 rings (SSSR count). The minimum absolute atomic E-state index is 0.504. The molecule has 70 valence electrons. The highest BCUT2D eigenvalue weighted by molar-refractivity contribution is 7.98. The number of hydrogen-bond acceptors (Lipinski definition) is 6. The lowest BCUT2D eigenvalue weighted by Crippen LogP contribution is -2.12. The highest BCUT2D eigenvalue weighted by Crippen LogP contribution is 2.09. The van der Waals surface area contributed by atoms with Gasteiger partial charge in [0.05, 0.1) is 6.54 Å². The molecule has 0 aromatic carbocycles. The summed E-state index contributed by atoms with van der Waals surface area (Å²) < 4.78 is 5.14. The monoisotopic (exact) mass is 199 g/mol. The average molecular weight is 199 g/mol. The minimum atomic E-state index is 0.504. The number of ether oxygens (including phenoxy) is 1. The van der Waals surface area contributed by atoms with Gasteiger partial charge in [-0.25, -0.2) is 10.1 Å². The first-order valence-corrected chi connectivity index (χ1v) is 5.01. The Bertz CT molecular complexity index is 323. The Labute approximate surface area is 79.2 Å². The molecule has 1 aromatic heterocycles. The summed E-state index contributed by atoms with van der Waals surface area (Å²) in [5.74, 6) is 0.560. The van der Waals surface area contributed by atoms with Crippen LogP contribution in [0.5, 0.6) is 0 Å². The topological polar surface area (TPSA) is 75.2 Å². The van der Waals surface area contributed by atoms with Crippen LogP contribution in [0.3, 0.4) is 0 Å². The summed E-state index contributed by atoms with van der Waals surface area (Å²) in [6.07, 6.45) is 1.91. The van der Waals surface area contributed by atoms with Gasteiger partial charge in [0.1, 0.15) is 6.61 Å². The number of anilines is 1. The molecule has 2 heterocycles. The number of nitrogens with zero attached hydrogens (tertiary/aromatic N) is 3. The third kappa shape index (κ3) is 1.92. The molecular formula is C6H9N5OS. The van der Waals surface area contributed by atoms with Crippen LogP contribution in [0.4, 0.5) is 5.95 Å². The molecule has 6 nitrogen and oxygen atoms in total. The van der Waals surface area contributed by atoms with Crippen molar-refractivity contribution >= 4 is 23.7 Å². The van der Waals surface area contributed by atoms with Gasteiger partial charge in [-0.05, 0) is 6.26 Å². The number of hydrogen-bond donors (Lipinski definition) is 2. The predicted octanol–water partition coefficient (Wildman–Crippen LogP) is 0.325. The smallest absolute Gasteiger partial charge is 0.291 e. The van der Waals surface area contributed by atoms with E-state index in [1.54, 1.807) is 0 Å². The molecule has 0 unspecified atom stereocenters. The summed E-state index contributed by atoms with van der Waals surface area (Å²) in [6.45, 7) is 1.33. The van der Waals surface area contributed by atoms with E-state index in [0.717, 1.165) is 0 Å². The van der Waals surface area contributed by atoms with Gasteiger partial charge in [-0.2, -0.15) is 4.98 Å². The highest BCUT2D eigenvalue weighted by Gasteiger charge is 2.09. The molecule has 0 spiro atoms. The molecule has 0 saturated carbocycles. The Balaban J connectivity index is 2.00. The fraction of sp³-hybridized carbons (Fsp3) is 0.500. The van der Waals surface area contributed by atoms with Crippen LogP contribution in [0, 0.1) is 0 Å². The van der Waals surface area contributed by atoms with Crippen LogP contribution in [-0.4, -0.2) is 40.6 Å². The molecule has 1 aromatic rings. The zero-order valence-corrected chi connectivity index (χ0v) is 7.89. The van der Waals surface area contributed by atoms with Gasteiger partial charge >= 0.3 is 0 Å². The van der Waals surface area contributed by atoms with E-state index < -0.39 is 0 Å². The minimum Gasteiger partial charge on any atom is -0.463 e. The Morgan fingerprint density at radius 3 is 3.15 bits per heavy atom. The van der Waals surface area contributed by atoms with Gasteiger partial charge in [-0.15, -0.1) is 5.10 Å². The number of aromatic nitrogens is 3. The van der Waals surface area contributed by atoms with E-state index in [9.17, 15) is 0 Å². The molecule has 2 N–H and O–H groups in total. The number of aliphatic imine (C=N–C) groups is 1. The van der Waals surface area contributed by atoms with Crippen molar-refractivity contribution in [2.24, 2.45) is 4.99 Å². The maximum absolute atomic E-state index is 5.14. The summed E-state index contributed by atoms with van der Waals surface area (Å²) in [5, 5.41) is 10.2. The molecule has 0 atom stereocenters. The van der Waals surface area contributed by atoms with Crippen molar-refractivity contribution in [1.82, 2.24) is 15.2 Å². The first kappa shape index (κ1) is 8.36. The second-order valence-electron chi connectivity index (χ2n) is 2.33. The maximum atomic E-state index is 5.14. The number of nitrogens with one attached hydrogen (secondary N) is 2. The van der Waals surface area contributed by atoms with Crippen LogP contribution in [-0.2, 0) is 4.74 Å². The predicted molar refractivity (Wildman–Crippen MR) is 50.0 cm³/mol. The average Bonchev–Trinajstić information content (AvgIpc) is 2.76. The standard InChI is InChI=1S/C6H9N5OS/c1-13-6-9-4(10-11-6)8-5-7-2-3-12-5/h2-3H2,1H3,(H2,7,8,9,10,11). The first-order valence-electron chi connectivity index (χ1n) is 3.79. The van der Waals surface area contributed by atoms with Gasteiger partial charge < -0.3 is 4.74 Å². The third-order valence-corrected chi connectivity index (χ3v) is 2.01. The quantitative estimate of drug-likeness (QED) is 0.671. The normalized spacial score (nSPS) is 15.3. The van der Waals surface area contributed by atoms with Crippen LogP contribution in [0.15, 0.2) is 10.1 Å². The largest absolute Gasteiger partial charge is 0.463 e. The van der Waals surface area contributed by atoms with E-state index in [1.807, 2.05) is 6.26 Å². The van der Waals surface area contributed by atoms with Crippen LogP contribution < -0.4 is 5.32 Å². The molecule has 0 fully saturated rings. The van der Waals surface area contributed by atoms with Crippen LogP contribution in [0.2, 0.25) is 0 Å². The number of aromatic amines is 1. The first-order chi connectivity index (χ1) is 6.38. The Hall–Kier alpha value is -1.24. The second kappa shape index (κ2) is 3.65. The molecule has 1 aliphatic rings. The van der Waals surface area contributed by atoms with E-state index in [1.165, 1.54) is 11.8 Å². The SMILES string of the molecule is CSc1n[nH]c(NC2=NCCO2)n1. The fourth-order valence-corrected chi connectivity index (χ4v) is 1.23. The molecule has 1 aliphatic heterocycles. The third-order valence-electron chi connectivity index (χ3n) is 1.46. The van der Waals surface area contributed by atoms with Gasteiger partial charge in [0.15, 0.2) is 0 Å². The number of rotatable bonds is 2. The van der Waals surface area contributed by atoms with Crippen LogP contribution in [0.25, 0.3) is 0 Å². The Morgan fingerprint density at radius 2 is 2.54 bits per heavy atom. The second-order valence-corrected chi connectivity index (χ2v) is 3.10. The molecule has 0 bridgehead atoms. The van der Waals surface area contributed by atoms with Crippen LogP contribution in [0.1, 0.15) is 0 Å². The molecule has 0 aliphatic carbocycles. The van der Waals surface area contributed by atoms with Gasteiger partial charge in [-0.3, -0.25) is 5.32 Å². The van der Waals surface area contributed by atoms with Crippen molar-refractivity contribution in [3.8, 4) is 0 Å². The molecule has 7 heteroatoms. The fourth-order valence-electron chi connectivity index (χ4n) is 0.906. The van der Waals surface area contributed by atoms with Crippen LogP contribution >= 0.6 is 11.8 Å². The molecule has 0 saturated heterocycles. The summed E-state index contributed by atoms with van der Waals surface area (Å²) >= 11 is 1.47. The van der Waals surface area contributed by atoms with Crippen molar-refractivity contribution in [2.75, 3.05) is 24.7 Å². The van der Waals surface area contributed by atoms with Crippen molar-refractivity contribution in [3.05, 3.63) is 0 Å². The van der Waals surface area contributed by atoms with Gasteiger partial charge in [0.25, 0.3) is 6.02 Å². The van der Waals surface area contributed by atoms with E-state index in [-0.39, 0.29) is 0 Å². The summed E-state index contributed by atoms with van der Waals surface area (Å²) in [5.41, 5.74) is 0. The van der Waals surface area contributed by atoms with E-state index in [4.69, 9.17) is 4.74 Å². The van der Waals surface area contributed by atoms with Crippen molar-refractivity contribution in [1.29, 1.82) is 0 Å². The van der Waals surface area contributed by atoms with E-state index >= 15 is 0 Å². The lowest BCUT2D eigenvalue weighted by atomic mass is 10.8. The number of H-pyrrole nitrogens is 1. The lowest BCUT2D eigenvalue weighted by molar-refractivity contribution is 0.346. The zero-order chi connectivity index (χ0) is 9.10.